The molecule has 0 aliphatic carbocycles. The minimum Gasteiger partial charge on any atom is -0.479 e. The topological polar surface area (TPSA) is 138 Å². The number of hydrogen-bond donors (Lipinski definition) is 6. The van der Waals surface area contributed by atoms with Gasteiger partial charge in [-0.25, -0.2) is 4.79 Å². The minimum atomic E-state index is -2.21. The Morgan fingerprint density at radius 1 is 1.00 bits per heavy atom. The van der Waals surface area contributed by atoms with E-state index in [-0.39, 0.29) is 6.42 Å². The van der Waals surface area contributed by atoms with Crippen molar-refractivity contribution in [3.8, 4) is 0 Å². The summed E-state index contributed by atoms with van der Waals surface area (Å²) < 4.78 is 0. The van der Waals surface area contributed by atoms with Crippen molar-refractivity contribution in [3.05, 3.63) is 0 Å². The summed E-state index contributed by atoms with van der Waals surface area (Å²) in [7, 11) is 0. The van der Waals surface area contributed by atoms with E-state index >= 15 is 0 Å². The predicted molar refractivity (Wildman–Crippen MR) is 48.0 cm³/mol. The molecule has 7 heteroatoms. The Hall–Kier alpha value is -0.730. The number of hydrogen-bond acceptors (Lipinski definition) is 6. The van der Waals surface area contributed by atoms with Crippen LogP contribution >= 0.6 is 0 Å². The number of aliphatic hydroxyl groups is 5. The third-order valence-electron chi connectivity index (χ3n) is 2.09. The number of carbonyl (C=O) groups is 1. The van der Waals surface area contributed by atoms with E-state index in [1.165, 1.54) is 6.92 Å². The highest BCUT2D eigenvalue weighted by atomic mass is 16.4. The molecule has 90 valence electrons. The second-order valence-electron chi connectivity index (χ2n) is 3.23. The number of aliphatic carboxylic acids is 1. The van der Waals surface area contributed by atoms with E-state index < -0.39 is 36.5 Å². The van der Waals surface area contributed by atoms with Crippen LogP contribution in [0.25, 0.3) is 0 Å². The summed E-state index contributed by atoms with van der Waals surface area (Å²) in [6.45, 7) is 1.53. The molecule has 0 saturated heterocycles. The van der Waals surface area contributed by atoms with Gasteiger partial charge in [-0.3, -0.25) is 0 Å². The van der Waals surface area contributed by atoms with Crippen molar-refractivity contribution in [1.29, 1.82) is 0 Å². The molecule has 0 aromatic rings. The van der Waals surface area contributed by atoms with E-state index in [9.17, 15) is 15.0 Å². The number of carboxylic acids is 1. The van der Waals surface area contributed by atoms with Crippen LogP contribution in [0.15, 0.2) is 0 Å². The summed E-state index contributed by atoms with van der Waals surface area (Å²) in [5.41, 5.74) is 0. The molecule has 0 bridgehead atoms. The average molecular weight is 224 g/mol. The lowest BCUT2D eigenvalue weighted by atomic mass is 9.98. The third kappa shape index (κ3) is 3.73. The van der Waals surface area contributed by atoms with Crippen LogP contribution in [0.3, 0.4) is 0 Å². The van der Waals surface area contributed by atoms with E-state index in [4.69, 9.17) is 20.4 Å². The molecule has 0 aromatic heterocycles. The first-order valence-electron chi connectivity index (χ1n) is 4.46. The summed E-state index contributed by atoms with van der Waals surface area (Å²) in [6.07, 6.45) is -9.08. The van der Waals surface area contributed by atoms with Gasteiger partial charge in [0.2, 0.25) is 0 Å². The first kappa shape index (κ1) is 14.3. The van der Waals surface area contributed by atoms with E-state index in [2.05, 4.69) is 0 Å². The number of carboxylic acid groups (broad SMARTS) is 1. The largest absolute Gasteiger partial charge is 0.479 e. The molecule has 0 aliphatic heterocycles. The van der Waals surface area contributed by atoms with Gasteiger partial charge in [0.05, 0.1) is 6.10 Å². The normalized spacial score (nSPS) is 21.5. The Bertz CT molecular complexity index is 207. The summed E-state index contributed by atoms with van der Waals surface area (Å²) in [6, 6.07) is 0. The smallest absolute Gasteiger partial charge is 0.335 e. The zero-order valence-corrected chi connectivity index (χ0v) is 8.19. The maximum absolute atomic E-state index is 10.2. The van der Waals surface area contributed by atoms with Crippen molar-refractivity contribution in [2.45, 2.75) is 43.9 Å². The molecule has 6 N–H and O–H groups in total. The molecule has 7 nitrogen and oxygen atoms in total. The van der Waals surface area contributed by atoms with Crippen LogP contribution in [0.1, 0.15) is 13.3 Å². The fourth-order valence-electron chi connectivity index (χ4n) is 1.00. The minimum absolute atomic E-state index is 0.119. The molecule has 0 amide bonds. The van der Waals surface area contributed by atoms with Gasteiger partial charge in [-0.1, -0.05) is 6.92 Å². The fourth-order valence-corrected chi connectivity index (χ4v) is 1.00. The van der Waals surface area contributed by atoms with E-state index in [1.807, 2.05) is 0 Å². The zero-order chi connectivity index (χ0) is 12.2. The summed E-state index contributed by atoms with van der Waals surface area (Å²) >= 11 is 0. The molecule has 5 unspecified atom stereocenters. The van der Waals surface area contributed by atoms with Gasteiger partial charge in [0.15, 0.2) is 6.10 Å². The van der Waals surface area contributed by atoms with Crippen LogP contribution in [-0.2, 0) is 4.79 Å². The van der Waals surface area contributed by atoms with Crippen molar-refractivity contribution >= 4 is 5.97 Å². The second-order valence-corrected chi connectivity index (χ2v) is 3.23. The molecule has 0 aliphatic rings. The van der Waals surface area contributed by atoms with Gasteiger partial charge in [0, 0.05) is 0 Å². The van der Waals surface area contributed by atoms with E-state index in [0.29, 0.717) is 0 Å². The molecular formula is C8H16O7. The molecule has 0 rings (SSSR count). The summed E-state index contributed by atoms with van der Waals surface area (Å²) in [4.78, 5) is 10.2. The van der Waals surface area contributed by atoms with Crippen LogP contribution < -0.4 is 0 Å². The monoisotopic (exact) mass is 224 g/mol. The second kappa shape index (κ2) is 5.99. The lowest BCUT2D eigenvalue weighted by molar-refractivity contribution is -0.168. The standard InChI is InChI=1S/C8H16O7/c1-2-3(9)4(10)5(11)6(12)7(13)8(14)15/h3-7,9-13H,2H2,1H3,(H,14,15). The molecular weight excluding hydrogens is 208 g/mol. The first-order valence-corrected chi connectivity index (χ1v) is 4.46. The molecule has 0 heterocycles. The first-order chi connectivity index (χ1) is 6.82. The van der Waals surface area contributed by atoms with Crippen molar-refractivity contribution in [2.24, 2.45) is 0 Å². The van der Waals surface area contributed by atoms with Crippen molar-refractivity contribution < 1.29 is 35.4 Å². The van der Waals surface area contributed by atoms with Gasteiger partial charge < -0.3 is 30.6 Å². The Labute approximate surface area is 86.2 Å². The Morgan fingerprint density at radius 3 is 1.80 bits per heavy atom. The maximum atomic E-state index is 10.2. The van der Waals surface area contributed by atoms with E-state index in [1.54, 1.807) is 0 Å². The van der Waals surface area contributed by atoms with Gasteiger partial charge in [-0.2, -0.15) is 0 Å². The van der Waals surface area contributed by atoms with Gasteiger partial charge in [-0.15, -0.1) is 0 Å². The molecule has 0 spiro atoms. The highest BCUT2D eigenvalue weighted by Gasteiger charge is 2.36. The average Bonchev–Trinajstić information content (AvgIpc) is 2.23. The Kier molecular flexibility index (Phi) is 5.69. The molecule has 0 saturated carbocycles. The molecule has 0 fully saturated rings. The molecule has 15 heavy (non-hydrogen) atoms. The molecule has 5 atom stereocenters. The van der Waals surface area contributed by atoms with Crippen LogP contribution in [-0.4, -0.2) is 67.1 Å². The lowest BCUT2D eigenvalue weighted by Gasteiger charge is -2.27. The summed E-state index contributed by atoms with van der Waals surface area (Å²) in [5, 5.41) is 53.9. The molecule has 0 radical (unpaired) electrons. The quantitative estimate of drug-likeness (QED) is 0.288. The van der Waals surface area contributed by atoms with Crippen LogP contribution in [0.4, 0.5) is 0 Å². The van der Waals surface area contributed by atoms with Gasteiger partial charge in [0.25, 0.3) is 0 Å². The number of aliphatic hydroxyl groups excluding tert-OH is 5. The Balaban J connectivity index is 4.42. The highest BCUT2D eigenvalue weighted by Crippen LogP contribution is 2.10. The van der Waals surface area contributed by atoms with Crippen molar-refractivity contribution in [3.63, 3.8) is 0 Å². The Morgan fingerprint density at radius 2 is 1.47 bits per heavy atom. The van der Waals surface area contributed by atoms with Crippen molar-refractivity contribution in [1.82, 2.24) is 0 Å². The lowest BCUT2D eigenvalue weighted by Crippen LogP contribution is -2.51. The van der Waals surface area contributed by atoms with Crippen LogP contribution in [0.2, 0.25) is 0 Å². The summed E-state index contributed by atoms with van der Waals surface area (Å²) in [5.74, 6) is -1.72. The number of rotatable bonds is 6. The van der Waals surface area contributed by atoms with Gasteiger partial charge in [0.1, 0.15) is 18.3 Å². The SMILES string of the molecule is CCC(O)C(O)C(O)C(O)C(O)C(=O)O. The van der Waals surface area contributed by atoms with Crippen LogP contribution in [0, 0.1) is 0 Å². The highest BCUT2D eigenvalue weighted by molar-refractivity contribution is 5.72. The van der Waals surface area contributed by atoms with E-state index in [0.717, 1.165) is 0 Å². The molecule has 0 aromatic carbocycles. The third-order valence-corrected chi connectivity index (χ3v) is 2.09. The van der Waals surface area contributed by atoms with Gasteiger partial charge in [-0.05, 0) is 6.42 Å². The zero-order valence-electron chi connectivity index (χ0n) is 8.19. The van der Waals surface area contributed by atoms with Crippen molar-refractivity contribution in [2.75, 3.05) is 0 Å². The maximum Gasteiger partial charge on any atom is 0.335 e. The van der Waals surface area contributed by atoms with Gasteiger partial charge >= 0.3 is 5.97 Å². The van der Waals surface area contributed by atoms with Crippen LogP contribution in [0.5, 0.6) is 0 Å². The fraction of sp³-hybridized carbons (Fsp3) is 0.875. The predicted octanol–water partition coefficient (Wildman–Crippen LogP) is -2.71.